The lowest BCUT2D eigenvalue weighted by Gasteiger charge is -2.39. The largest absolute Gasteiger partial charge is 0.480 e. The highest BCUT2D eigenvalue weighted by Gasteiger charge is 2.62. The van der Waals surface area contributed by atoms with E-state index in [9.17, 15) is 14.7 Å². The van der Waals surface area contributed by atoms with Crippen molar-refractivity contribution in [2.75, 3.05) is 0 Å². The van der Waals surface area contributed by atoms with Gasteiger partial charge in [0.1, 0.15) is 24.4 Å². The van der Waals surface area contributed by atoms with Gasteiger partial charge >= 0.3 is 5.97 Å². The maximum atomic E-state index is 11.6. The van der Waals surface area contributed by atoms with Crippen LogP contribution in [0.5, 0.6) is 0 Å². The van der Waals surface area contributed by atoms with Gasteiger partial charge in [0, 0.05) is 6.92 Å². The molecule has 3 aliphatic heterocycles. The number of ether oxygens (including phenoxy) is 5. The maximum Gasteiger partial charge on any atom is 0.329 e. The van der Waals surface area contributed by atoms with Crippen LogP contribution in [0.2, 0.25) is 0 Å². The summed E-state index contributed by atoms with van der Waals surface area (Å²) >= 11 is 0. The SMILES string of the molecule is CC(=O)N[C@@H](C(=O)O)[C@H]1O[C@@H]2OC(C)(C)O[C@@H]2[C@H]2OC(C)(C)O[C@H]21. The number of carbonyl (C=O) groups is 2. The van der Waals surface area contributed by atoms with E-state index in [-0.39, 0.29) is 0 Å². The Morgan fingerprint density at radius 2 is 1.50 bits per heavy atom. The third kappa shape index (κ3) is 3.14. The van der Waals surface area contributed by atoms with Crippen LogP contribution in [0.4, 0.5) is 0 Å². The van der Waals surface area contributed by atoms with Crippen LogP contribution in [0.3, 0.4) is 0 Å². The zero-order chi connectivity index (χ0) is 17.9. The lowest BCUT2D eigenvalue weighted by molar-refractivity contribution is -0.240. The summed E-state index contributed by atoms with van der Waals surface area (Å²) in [4.78, 5) is 23.0. The number of aliphatic carboxylic acids is 1. The summed E-state index contributed by atoms with van der Waals surface area (Å²) in [5.41, 5.74) is 0. The van der Waals surface area contributed by atoms with Gasteiger partial charge < -0.3 is 34.1 Å². The molecule has 0 bridgehead atoms. The fourth-order valence-electron chi connectivity index (χ4n) is 3.41. The molecule has 0 aliphatic carbocycles. The van der Waals surface area contributed by atoms with Gasteiger partial charge in [-0.1, -0.05) is 0 Å². The molecule has 0 saturated carbocycles. The second-order valence-electron chi connectivity index (χ2n) is 7.15. The Morgan fingerprint density at radius 1 is 0.958 bits per heavy atom. The molecule has 0 aromatic carbocycles. The van der Waals surface area contributed by atoms with Crippen molar-refractivity contribution in [3.8, 4) is 0 Å². The predicted molar refractivity (Wildman–Crippen MR) is 77.8 cm³/mol. The average molecular weight is 345 g/mol. The Hall–Kier alpha value is -1.26. The molecule has 0 aromatic heterocycles. The van der Waals surface area contributed by atoms with Crippen molar-refractivity contribution in [3.05, 3.63) is 0 Å². The molecule has 0 spiro atoms. The molecule has 2 N–H and O–H groups in total. The number of fused-ring (bicyclic) bond motifs is 3. The molecule has 24 heavy (non-hydrogen) atoms. The molecule has 9 nitrogen and oxygen atoms in total. The van der Waals surface area contributed by atoms with Crippen LogP contribution in [0.15, 0.2) is 0 Å². The minimum absolute atomic E-state index is 0.480. The van der Waals surface area contributed by atoms with Crippen molar-refractivity contribution in [2.45, 2.75) is 82.9 Å². The Labute approximate surface area is 139 Å². The number of hydrogen-bond donors (Lipinski definition) is 2. The lowest BCUT2D eigenvalue weighted by atomic mass is 9.94. The zero-order valence-electron chi connectivity index (χ0n) is 14.3. The van der Waals surface area contributed by atoms with Gasteiger partial charge in [-0.15, -0.1) is 0 Å². The number of nitrogens with one attached hydrogen (secondary N) is 1. The Balaban J connectivity index is 1.92. The van der Waals surface area contributed by atoms with E-state index in [1.165, 1.54) is 6.92 Å². The van der Waals surface area contributed by atoms with Gasteiger partial charge in [-0.2, -0.15) is 0 Å². The average Bonchev–Trinajstić information content (AvgIpc) is 2.89. The minimum atomic E-state index is -1.29. The minimum Gasteiger partial charge on any atom is -0.480 e. The summed E-state index contributed by atoms with van der Waals surface area (Å²) < 4.78 is 29.2. The molecule has 3 fully saturated rings. The van der Waals surface area contributed by atoms with Crippen molar-refractivity contribution >= 4 is 11.9 Å². The van der Waals surface area contributed by atoms with Crippen LogP contribution < -0.4 is 5.32 Å². The van der Waals surface area contributed by atoms with Crippen molar-refractivity contribution in [2.24, 2.45) is 0 Å². The third-order valence-corrected chi connectivity index (χ3v) is 4.14. The van der Waals surface area contributed by atoms with Gasteiger partial charge in [-0.05, 0) is 27.7 Å². The Bertz CT molecular complexity index is 548. The standard InChI is InChI=1S/C15H23NO8/c1-6(17)16-7(12(18)19)8-9-10(22-14(2,3)21-9)11-13(20-8)24-15(4,5)23-11/h7-11,13H,1-5H3,(H,16,17)(H,18,19)/t7-,8-,9+,10+,11-,13-/m1/s1. The van der Waals surface area contributed by atoms with Gasteiger partial charge in [-0.25, -0.2) is 4.79 Å². The molecule has 6 atom stereocenters. The van der Waals surface area contributed by atoms with E-state index < -0.39 is 60.2 Å². The second kappa shape index (κ2) is 5.63. The zero-order valence-corrected chi connectivity index (χ0v) is 14.3. The molecule has 0 radical (unpaired) electrons. The first-order valence-corrected chi connectivity index (χ1v) is 7.86. The van der Waals surface area contributed by atoms with Crippen LogP contribution in [0.1, 0.15) is 34.6 Å². The smallest absolute Gasteiger partial charge is 0.329 e. The van der Waals surface area contributed by atoms with E-state index in [0.717, 1.165) is 0 Å². The molecular formula is C15H23NO8. The molecule has 3 saturated heterocycles. The van der Waals surface area contributed by atoms with Crippen LogP contribution in [-0.4, -0.2) is 65.3 Å². The molecule has 136 valence electrons. The second-order valence-corrected chi connectivity index (χ2v) is 7.15. The highest BCUT2D eigenvalue weighted by molar-refractivity contribution is 5.82. The summed E-state index contributed by atoms with van der Waals surface area (Å²) in [6.45, 7) is 8.18. The van der Waals surface area contributed by atoms with Crippen molar-refractivity contribution in [1.29, 1.82) is 0 Å². The quantitative estimate of drug-likeness (QED) is 0.733. The van der Waals surface area contributed by atoms with Crippen LogP contribution in [0, 0.1) is 0 Å². The van der Waals surface area contributed by atoms with Gasteiger partial charge in [-0.3, -0.25) is 4.79 Å². The van der Waals surface area contributed by atoms with Crippen molar-refractivity contribution in [1.82, 2.24) is 5.32 Å². The monoisotopic (exact) mass is 345 g/mol. The van der Waals surface area contributed by atoms with E-state index >= 15 is 0 Å². The molecule has 0 unspecified atom stereocenters. The van der Waals surface area contributed by atoms with Crippen LogP contribution in [0.25, 0.3) is 0 Å². The summed E-state index contributed by atoms with van der Waals surface area (Å²) in [7, 11) is 0. The third-order valence-electron chi connectivity index (χ3n) is 4.14. The van der Waals surface area contributed by atoms with Crippen molar-refractivity contribution in [3.63, 3.8) is 0 Å². The van der Waals surface area contributed by atoms with E-state index in [1.54, 1.807) is 27.7 Å². The topological polar surface area (TPSA) is 113 Å². The molecule has 9 heteroatoms. The number of amides is 1. The predicted octanol–water partition coefficient (Wildman–Crippen LogP) is -0.0278. The van der Waals surface area contributed by atoms with Gasteiger partial charge in [0.05, 0.1) is 0 Å². The molecular weight excluding hydrogens is 322 g/mol. The highest BCUT2D eigenvalue weighted by atomic mass is 16.9. The Kier molecular flexibility index (Phi) is 4.12. The first-order chi connectivity index (χ1) is 11.0. The molecule has 1 amide bonds. The maximum absolute atomic E-state index is 11.6. The molecule has 3 rings (SSSR count). The van der Waals surface area contributed by atoms with E-state index in [0.29, 0.717) is 0 Å². The number of carbonyl (C=O) groups excluding carboxylic acids is 1. The first-order valence-electron chi connectivity index (χ1n) is 7.86. The number of carboxylic acids is 1. The van der Waals surface area contributed by atoms with E-state index in [2.05, 4.69) is 5.32 Å². The number of carboxylic acid groups (broad SMARTS) is 1. The fraction of sp³-hybridized carbons (Fsp3) is 0.867. The van der Waals surface area contributed by atoms with Gasteiger partial charge in [0.25, 0.3) is 0 Å². The fourth-order valence-corrected chi connectivity index (χ4v) is 3.41. The highest BCUT2D eigenvalue weighted by Crippen LogP contribution is 2.44. The molecule has 3 heterocycles. The summed E-state index contributed by atoms with van der Waals surface area (Å²) in [6, 6.07) is -1.29. The number of hydrogen-bond acceptors (Lipinski definition) is 7. The first kappa shape index (κ1) is 17.6. The lowest BCUT2D eigenvalue weighted by Crippen LogP contribution is -2.63. The van der Waals surface area contributed by atoms with E-state index in [4.69, 9.17) is 23.7 Å². The van der Waals surface area contributed by atoms with Crippen LogP contribution in [-0.2, 0) is 33.3 Å². The normalized spacial score (nSPS) is 40.5. The van der Waals surface area contributed by atoms with E-state index in [1.807, 2.05) is 0 Å². The summed E-state index contributed by atoms with van der Waals surface area (Å²) in [6.07, 6.45) is -3.61. The summed E-state index contributed by atoms with van der Waals surface area (Å²) in [5.74, 6) is -3.52. The van der Waals surface area contributed by atoms with Crippen molar-refractivity contribution < 1.29 is 38.4 Å². The number of rotatable bonds is 3. The Morgan fingerprint density at radius 3 is 2.08 bits per heavy atom. The molecule has 3 aliphatic rings. The van der Waals surface area contributed by atoms with Gasteiger partial charge in [0.15, 0.2) is 23.9 Å². The summed E-state index contributed by atoms with van der Waals surface area (Å²) in [5, 5.41) is 11.9. The van der Waals surface area contributed by atoms with Crippen LogP contribution >= 0.6 is 0 Å². The van der Waals surface area contributed by atoms with Gasteiger partial charge in [0.2, 0.25) is 5.91 Å². The molecule has 0 aromatic rings.